The van der Waals surface area contributed by atoms with E-state index in [-0.39, 0.29) is 5.41 Å². The number of benzene rings is 7. The van der Waals surface area contributed by atoms with Gasteiger partial charge in [0.15, 0.2) is 0 Å². The molecule has 1 aromatic heterocycles. The first-order valence-electron chi connectivity index (χ1n) is 15.1. The fourth-order valence-corrected chi connectivity index (χ4v) is 7.74. The number of hydrogen-bond acceptors (Lipinski definition) is 1. The van der Waals surface area contributed by atoms with Crippen molar-refractivity contribution in [2.75, 3.05) is 0 Å². The smallest absolute Gasteiger partial charge is 0.136 e. The molecule has 0 saturated carbocycles. The average molecular weight is 551 g/mol. The van der Waals surface area contributed by atoms with Crippen molar-refractivity contribution >= 4 is 43.5 Å². The van der Waals surface area contributed by atoms with Crippen molar-refractivity contribution in [3.8, 4) is 33.4 Å². The third-order valence-corrected chi connectivity index (χ3v) is 9.72. The van der Waals surface area contributed by atoms with E-state index in [1.807, 2.05) is 6.07 Å². The Balaban J connectivity index is 1.40. The van der Waals surface area contributed by atoms with Crippen LogP contribution in [0, 0.1) is 6.92 Å². The van der Waals surface area contributed by atoms with E-state index >= 15 is 0 Å². The van der Waals surface area contributed by atoms with Gasteiger partial charge in [0, 0.05) is 16.2 Å². The van der Waals surface area contributed by atoms with Gasteiger partial charge < -0.3 is 4.42 Å². The van der Waals surface area contributed by atoms with Crippen LogP contribution in [0.1, 0.15) is 30.5 Å². The molecule has 0 N–H and O–H groups in total. The van der Waals surface area contributed by atoms with Crippen LogP contribution in [0.5, 0.6) is 0 Å². The molecule has 0 unspecified atom stereocenters. The van der Waals surface area contributed by atoms with Crippen molar-refractivity contribution < 1.29 is 4.42 Å². The summed E-state index contributed by atoms with van der Waals surface area (Å²) in [6.07, 6.45) is 0. The van der Waals surface area contributed by atoms with Crippen LogP contribution in [0.3, 0.4) is 0 Å². The normalized spacial score (nSPS) is 13.7. The second kappa shape index (κ2) is 8.69. The molecule has 0 bridgehead atoms. The molecule has 8 aromatic rings. The molecule has 0 aliphatic heterocycles. The predicted octanol–water partition coefficient (Wildman–Crippen LogP) is 11.8. The second-order valence-corrected chi connectivity index (χ2v) is 12.6. The van der Waals surface area contributed by atoms with Crippen LogP contribution in [0.25, 0.3) is 76.9 Å². The van der Waals surface area contributed by atoms with Crippen molar-refractivity contribution in [3.63, 3.8) is 0 Å². The van der Waals surface area contributed by atoms with Crippen LogP contribution >= 0.6 is 0 Å². The van der Waals surface area contributed by atoms with E-state index in [1.165, 1.54) is 77.0 Å². The van der Waals surface area contributed by atoms with E-state index in [2.05, 4.69) is 142 Å². The van der Waals surface area contributed by atoms with Gasteiger partial charge >= 0.3 is 0 Å². The van der Waals surface area contributed by atoms with E-state index in [0.717, 1.165) is 16.6 Å². The van der Waals surface area contributed by atoms with Crippen molar-refractivity contribution in [2.24, 2.45) is 0 Å². The fraction of sp³-hybridized carbons (Fsp3) is 0.0952. The number of rotatable bonds is 2. The van der Waals surface area contributed by atoms with Crippen LogP contribution in [-0.4, -0.2) is 0 Å². The number of para-hydroxylation sites is 1. The standard InChI is InChI=1S/C42H30O/c1-25-19-21-31-34(23-25)40(33-15-10-18-38-41(33)32-14-7-9-17-37(32)43-38)30-13-5-4-12-29(30)39(31)26-20-22-28-27-11-6-8-16-35(27)42(2,3)36(28)24-26/h4-24H,1-3H3. The molecule has 1 heterocycles. The van der Waals surface area contributed by atoms with E-state index < -0.39 is 0 Å². The van der Waals surface area contributed by atoms with Gasteiger partial charge in [-0.25, -0.2) is 0 Å². The van der Waals surface area contributed by atoms with E-state index in [1.54, 1.807) is 0 Å². The summed E-state index contributed by atoms with van der Waals surface area (Å²) < 4.78 is 6.34. The van der Waals surface area contributed by atoms with Gasteiger partial charge in [0.2, 0.25) is 0 Å². The SMILES string of the molecule is Cc1ccc2c(-c3ccc4c(c3)C(C)(C)c3ccccc3-4)c3ccccc3c(-c3cccc4oc5ccccc5c34)c2c1. The summed E-state index contributed by atoms with van der Waals surface area (Å²) in [6.45, 7) is 6.92. The van der Waals surface area contributed by atoms with Gasteiger partial charge in [0.1, 0.15) is 11.2 Å². The van der Waals surface area contributed by atoms with Crippen LogP contribution in [0.15, 0.2) is 132 Å². The number of hydrogen-bond donors (Lipinski definition) is 0. The van der Waals surface area contributed by atoms with Crippen molar-refractivity contribution in [3.05, 3.63) is 144 Å². The molecule has 0 amide bonds. The first-order chi connectivity index (χ1) is 21.0. The summed E-state index contributed by atoms with van der Waals surface area (Å²) in [5.74, 6) is 0. The molecule has 204 valence electrons. The zero-order chi connectivity index (χ0) is 28.9. The average Bonchev–Trinajstić information content (AvgIpc) is 3.52. The van der Waals surface area contributed by atoms with Crippen LogP contribution in [-0.2, 0) is 5.41 Å². The third kappa shape index (κ3) is 3.34. The van der Waals surface area contributed by atoms with Gasteiger partial charge in [-0.1, -0.05) is 129 Å². The highest BCUT2D eigenvalue weighted by atomic mass is 16.3. The molecular weight excluding hydrogens is 520 g/mol. The van der Waals surface area contributed by atoms with Crippen LogP contribution in [0.2, 0.25) is 0 Å². The zero-order valence-corrected chi connectivity index (χ0v) is 24.5. The maximum Gasteiger partial charge on any atom is 0.136 e. The monoisotopic (exact) mass is 550 g/mol. The van der Waals surface area contributed by atoms with Gasteiger partial charge in [-0.3, -0.25) is 0 Å². The summed E-state index contributed by atoms with van der Waals surface area (Å²) in [5, 5.41) is 7.41. The first kappa shape index (κ1) is 24.5. The van der Waals surface area contributed by atoms with Crippen LogP contribution in [0.4, 0.5) is 0 Å². The van der Waals surface area contributed by atoms with Gasteiger partial charge in [-0.05, 0) is 91.2 Å². The quantitative estimate of drug-likeness (QED) is 0.195. The molecule has 0 spiro atoms. The predicted molar refractivity (Wildman–Crippen MR) is 182 cm³/mol. The Hall–Kier alpha value is -5.14. The molecule has 1 heteroatoms. The molecule has 0 saturated heterocycles. The van der Waals surface area contributed by atoms with Crippen molar-refractivity contribution in [2.45, 2.75) is 26.2 Å². The summed E-state index contributed by atoms with van der Waals surface area (Å²) in [6, 6.07) is 46.8. The molecule has 0 atom stereocenters. The maximum absolute atomic E-state index is 6.34. The van der Waals surface area contributed by atoms with Gasteiger partial charge in [-0.15, -0.1) is 0 Å². The maximum atomic E-state index is 6.34. The van der Waals surface area contributed by atoms with Crippen LogP contribution < -0.4 is 0 Å². The Kier molecular flexibility index (Phi) is 4.94. The molecule has 1 aliphatic carbocycles. The summed E-state index contributed by atoms with van der Waals surface area (Å²) in [4.78, 5) is 0. The molecule has 43 heavy (non-hydrogen) atoms. The minimum absolute atomic E-state index is 0.0535. The Labute approximate surface area is 251 Å². The van der Waals surface area contributed by atoms with Crippen molar-refractivity contribution in [1.29, 1.82) is 0 Å². The molecule has 9 rings (SSSR count). The molecule has 7 aromatic carbocycles. The summed E-state index contributed by atoms with van der Waals surface area (Å²) in [5.41, 5.74) is 13.6. The fourth-order valence-electron chi connectivity index (χ4n) is 7.74. The lowest BCUT2D eigenvalue weighted by atomic mass is 9.80. The highest BCUT2D eigenvalue weighted by molar-refractivity contribution is 6.25. The number of aryl methyl sites for hydroxylation is 1. The third-order valence-electron chi connectivity index (χ3n) is 9.72. The Morgan fingerprint density at radius 2 is 1.12 bits per heavy atom. The van der Waals surface area contributed by atoms with Gasteiger partial charge in [0.05, 0.1) is 0 Å². The highest BCUT2D eigenvalue weighted by Crippen LogP contribution is 2.52. The van der Waals surface area contributed by atoms with E-state index in [0.29, 0.717) is 0 Å². The minimum Gasteiger partial charge on any atom is -0.456 e. The topological polar surface area (TPSA) is 13.1 Å². The molecular formula is C42H30O. The lowest BCUT2D eigenvalue weighted by Crippen LogP contribution is -2.14. The van der Waals surface area contributed by atoms with E-state index in [9.17, 15) is 0 Å². The Morgan fingerprint density at radius 1 is 0.465 bits per heavy atom. The van der Waals surface area contributed by atoms with Gasteiger partial charge in [-0.2, -0.15) is 0 Å². The summed E-state index contributed by atoms with van der Waals surface area (Å²) >= 11 is 0. The number of fused-ring (bicyclic) bond motifs is 8. The Bertz CT molecular complexity index is 2440. The minimum atomic E-state index is -0.0535. The zero-order valence-electron chi connectivity index (χ0n) is 24.5. The molecule has 0 radical (unpaired) electrons. The largest absolute Gasteiger partial charge is 0.456 e. The number of furan rings is 1. The molecule has 0 fully saturated rings. The Morgan fingerprint density at radius 3 is 1.98 bits per heavy atom. The van der Waals surface area contributed by atoms with Gasteiger partial charge in [0.25, 0.3) is 0 Å². The van der Waals surface area contributed by atoms with E-state index in [4.69, 9.17) is 4.42 Å². The molecule has 1 nitrogen and oxygen atoms in total. The lowest BCUT2D eigenvalue weighted by Gasteiger charge is -2.23. The second-order valence-electron chi connectivity index (χ2n) is 12.6. The summed E-state index contributed by atoms with van der Waals surface area (Å²) in [7, 11) is 0. The lowest BCUT2D eigenvalue weighted by molar-refractivity contribution is 0.660. The highest BCUT2D eigenvalue weighted by Gasteiger charge is 2.35. The van der Waals surface area contributed by atoms with Crippen molar-refractivity contribution in [1.82, 2.24) is 0 Å². The molecule has 1 aliphatic rings. The first-order valence-corrected chi connectivity index (χ1v) is 15.1.